The molecule has 0 unspecified atom stereocenters. The van der Waals surface area contributed by atoms with Gasteiger partial charge in [-0.1, -0.05) is 0 Å². The summed E-state index contributed by atoms with van der Waals surface area (Å²) in [5.41, 5.74) is 0. The van der Waals surface area contributed by atoms with Crippen molar-refractivity contribution in [1.82, 2.24) is 0 Å². The average molecular weight is 428 g/mol. The zero-order valence-corrected chi connectivity index (χ0v) is 12.6. The van der Waals surface area contributed by atoms with Crippen molar-refractivity contribution in [2.24, 2.45) is 0 Å². The standard InChI is InChI=1S/C12H5F13S/c13-4-3-5(14)7(16)8(6(4)15)26-2-1-9(17,18)10(19,20)11(21,22)12(23,24)25/h3H,1-2H2. The molecule has 0 aliphatic heterocycles. The highest BCUT2D eigenvalue weighted by atomic mass is 32.2. The summed E-state index contributed by atoms with van der Waals surface area (Å²) in [6.07, 6.45) is -9.41. The normalized spacial score (nSPS) is 14.0. The molecule has 0 nitrogen and oxygen atoms in total. The average Bonchev–Trinajstić information content (AvgIpc) is 2.47. The molecule has 0 heterocycles. The molecular weight excluding hydrogens is 423 g/mol. The van der Waals surface area contributed by atoms with Gasteiger partial charge in [-0.15, -0.1) is 11.8 Å². The Morgan fingerprint density at radius 1 is 0.692 bits per heavy atom. The monoisotopic (exact) mass is 428 g/mol. The van der Waals surface area contributed by atoms with Gasteiger partial charge >= 0.3 is 23.9 Å². The first-order valence-corrected chi connectivity index (χ1v) is 7.12. The van der Waals surface area contributed by atoms with Crippen molar-refractivity contribution in [1.29, 1.82) is 0 Å². The maximum Gasteiger partial charge on any atom is 0.460 e. The van der Waals surface area contributed by atoms with Crippen LogP contribution in [-0.2, 0) is 0 Å². The van der Waals surface area contributed by atoms with Crippen LogP contribution >= 0.6 is 11.8 Å². The van der Waals surface area contributed by atoms with Crippen molar-refractivity contribution in [3.05, 3.63) is 29.3 Å². The maximum atomic E-state index is 13.2. The lowest BCUT2D eigenvalue weighted by Crippen LogP contribution is -2.60. The molecule has 0 bridgehead atoms. The third-order valence-electron chi connectivity index (χ3n) is 2.94. The van der Waals surface area contributed by atoms with Gasteiger partial charge in [0.05, 0.1) is 4.90 Å². The molecule has 0 spiro atoms. The zero-order valence-electron chi connectivity index (χ0n) is 11.8. The van der Waals surface area contributed by atoms with Gasteiger partial charge in [0.15, 0.2) is 23.3 Å². The summed E-state index contributed by atoms with van der Waals surface area (Å²) in [6.45, 7) is 0. The van der Waals surface area contributed by atoms with Crippen LogP contribution in [0.3, 0.4) is 0 Å². The number of benzene rings is 1. The van der Waals surface area contributed by atoms with Crippen LogP contribution in [-0.4, -0.2) is 29.7 Å². The molecule has 0 N–H and O–H groups in total. The molecule has 0 fully saturated rings. The summed E-state index contributed by atoms with van der Waals surface area (Å²) >= 11 is -0.506. The number of hydrogen-bond acceptors (Lipinski definition) is 1. The zero-order chi connectivity index (χ0) is 20.7. The predicted molar refractivity (Wildman–Crippen MR) is 62.5 cm³/mol. The van der Waals surface area contributed by atoms with Crippen molar-refractivity contribution in [2.75, 3.05) is 5.75 Å². The van der Waals surface area contributed by atoms with E-state index in [1.165, 1.54) is 0 Å². The van der Waals surface area contributed by atoms with Crippen LogP contribution in [0.5, 0.6) is 0 Å². The van der Waals surface area contributed by atoms with E-state index in [-0.39, 0.29) is 6.07 Å². The molecule has 0 atom stereocenters. The Labute approximate surface area is 140 Å². The smallest absolute Gasteiger partial charge is 0.204 e. The van der Waals surface area contributed by atoms with Crippen LogP contribution in [0, 0.1) is 23.3 Å². The summed E-state index contributed by atoms with van der Waals surface area (Å²) < 4.78 is 165. The summed E-state index contributed by atoms with van der Waals surface area (Å²) in [5, 5.41) is 0. The number of hydrogen-bond donors (Lipinski definition) is 0. The summed E-state index contributed by atoms with van der Waals surface area (Å²) in [4.78, 5) is -1.57. The van der Waals surface area contributed by atoms with Crippen molar-refractivity contribution < 1.29 is 57.1 Å². The third kappa shape index (κ3) is 3.83. The van der Waals surface area contributed by atoms with E-state index in [2.05, 4.69) is 0 Å². The fourth-order valence-electron chi connectivity index (χ4n) is 1.52. The van der Waals surface area contributed by atoms with Crippen LogP contribution in [0.2, 0.25) is 0 Å². The van der Waals surface area contributed by atoms with Gasteiger partial charge in [-0.05, 0) is 0 Å². The Morgan fingerprint density at radius 2 is 1.12 bits per heavy atom. The second-order valence-corrected chi connectivity index (χ2v) is 5.85. The molecule has 150 valence electrons. The molecule has 0 aliphatic carbocycles. The lowest BCUT2D eigenvalue weighted by atomic mass is 10.0. The van der Waals surface area contributed by atoms with Crippen LogP contribution in [0.4, 0.5) is 57.1 Å². The maximum absolute atomic E-state index is 13.2. The summed E-state index contributed by atoms with van der Waals surface area (Å²) in [5.74, 6) is -29.6. The van der Waals surface area contributed by atoms with E-state index in [0.717, 1.165) is 0 Å². The molecule has 1 rings (SSSR count). The van der Waals surface area contributed by atoms with Crippen molar-refractivity contribution in [3.63, 3.8) is 0 Å². The first kappa shape index (κ1) is 22.7. The molecule has 0 radical (unpaired) electrons. The molecule has 0 saturated carbocycles. The first-order valence-electron chi connectivity index (χ1n) is 6.13. The highest BCUT2D eigenvalue weighted by Crippen LogP contribution is 2.54. The topological polar surface area (TPSA) is 0 Å². The predicted octanol–water partition coefficient (Wildman–Crippen LogP) is 6.19. The van der Waals surface area contributed by atoms with Gasteiger partial charge in [0.1, 0.15) is 0 Å². The van der Waals surface area contributed by atoms with Crippen LogP contribution in [0.1, 0.15) is 6.42 Å². The second kappa shape index (κ2) is 7.00. The summed E-state index contributed by atoms with van der Waals surface area (Å²) in [6, 6.07) is -0.249. The number of thioether (sulfide) groups is 1. The van der Waals surface area contributed by atoms with E-state index < -0.39 is 76.0 Å². The molecule has 1 aromatic rings. The van der Waals surface area contributed by atoms with Gasteiger partial charge in [0.2, 0.25) is 0 Å². The Bertz CT molecular complexity index is 638. The Morgan fingerprint density at radius 3 is 1.50 bits per heavy atom. The second-order valence-electron chi connectivity index (χ2n) is 4.75. The van der Waals surface area contributed by atoms with Crippen molar-refractivity contribution in [3.8, 4) is 0 Å². The van der Waals surface area contributed by atoms with Gasteiger partial charge < -0.3 is 0 Å². The Balaban J connectivity index is 3.00. The number of alkyl halides is 9. The van der Waals surface area contributed by atoms with Crippen LogP contribution in [0.25, 0.3) is 0 Å². The number of halogens is 13. The molecular formula is C12H5F13S. The lowest BCUT2D eigenvalue weighted by Gasteiger charge is -2.33. The van der Waals surface area contributed by atoms with E-state index in [4.69, 9.17) is 0 Å². The van der Waals surface area contributed by atoms with E-state index >= 15 is 0 Å². The Hall–Kier alpha value is -1.34. The molecule has 0 amide bonds. The van der Waals surface area contributed by atoms with E-state index in [1.54, 1.807) is 0 Å². The largest absolute Gasteiger partial charge is 0.460 e. The van der Waals surface area contributed by atoms with Crippen LogP contribution < -0.4 is 0 Å². The minimum Gasteiger partial charge on any atom is -0.204 e. The fourth-order valence-corrected chi connectivity index (χ4v) is 2.53. The van der Waals surface area contributed by atoms with Gasteiger partial charge in [0, 0.05) is 18.2 Å². The highest BCUT2D eigenvalue weighted by molar-refractivity contribution is 7.99. The number of rotatable bonds is 6. The van der Waals surface area contributed by atoms with E-state index in [0.29, 0.717) is 0 Å². The molecule has 14 heteroatoms. The fraction of sp³-hybridized carbons (Fsp3) is 0.500. The molecule has 26 heavy (non-hydrogen) atoms. The van der Waals surface area contributed by atoms with Gasteiger partial charge in [-0.2, -0.15) is 39.5 Å². The molecule has 0 saturated heterocycles. The quantitative estimate of drug-likeness (QED) is 0.296. The first-order chi connectivity index (χ1) is 11.5. The van der Waals surface area contributed by atoms with Crippen molar-refractivity contribution in [2.45, 2.75) is 35.3 Å². The molecule has 1 aromatic carbocycles. The molecule has 0 aromatic heterocycles. The van der Waals surface area contributed by atoms with Gasteiger partial charge in [-0.25, -0.2) is 17.6 Å². The lowest BCUT2D eigenvalue weighted by molar-refractivity contribution is -0.396. The van der Waals surface area contributed by atoms with Gasteiger partial charge in [-0.3, -0.25) is 0 Å². The van der Waals surface area contributed by atoms with Crippen LogP contribution in [0.15, 0.2) is 11.0 Å². The minimum atomic E-state index is -7.10. The molecule has 0 aliphatic rings. The SMILES string of the molecule is Fc1cc(F)c(F)c(SCCC(F)(F)C(F)(F)C(F)(F)C(F)(F)F)c1F. The van der Waals surface area contributed by atoms with E-state index in [1.807, 2.05) is 0 Å². The third-order valence-corrected chi connectivity index (χ3v) is 4.00. The Kier molecular flexibility index (Phi) is 6.11. The summed E-state index contributed by atoms with van der Waals surface area (Å²) in [7, 11) is 0. The van der Waals surface area contributed by atoms with Gasteiger partial charge in [0.25, 0.3) is 0 Å². The highest BCUT2D eigenvalue weighted by Gasteiger charge is 2.81. The minimum absolute atomic E-state index is 0.249. The van der Waals surface area contributed by atoms with E-state index in [9.17, 15) is 57.1 Å². The van der Waals surface area contributed by atoms with Crippen molar-refractivity contribution >= 4 is 11.8 Å².